The van der Waals surface area contributed by atoms with Crippen LogP contribution in [0.2, 0.25) is 0 Å². The summed E-state index contributed by atoms with van der Waals surface area (Å²) in [5, 5.41) is 2.13. The van der Waals surface area contributed by atoms with Crippen molar-refractivity contribution in [2.24, 2.45) is 0 Å². The van der Waals surface area contributed by atoms with Crippen LogP contribution in [0.1, 0.15) is 11.1 Å². The Labute approximate surface area is 129 Å². The van der Waals surface area contributed by atoms with Gasteiger partial charge in [0, 0.05) is 5.75 Å². The van der Waals surface area contributed by atoms with Crippen LogP contribution in [0, 0.1) is 6.92 Å². The van der Waals surface area contributed by atoms with Gasteiger partial charge < -0.3 is 4.55 Å². The zero-order valence-corrected chi connectivity index (χ0v) is 13.3. The zero-order valence-electron chi connectivity index (χ0n) is 10.5. The van der Waals surface area contributed by atoms with E-state index in [9.17, 15) is 13.0 Å². The Hall–Kier alpha value is -0.390. The smallest absolute Gasteiger partial charge is 0.748 e. The summed E-state index contributed by atoms with van der Waals surface area (Å²) in [6, 6.07) is 11.7. The maximum atomic E-state index is 10.7. The molecule has 0 unspecified atom stereocenters. The van der Waals surface area contributed by atoms with Crippen LogP contribution in [0.4, 0.5) is 0 Å². The number of fused-ring (bicyclic) bond motifs is 1. The van der Waals surface area contributed by atoms with Crippen LogP contribution in [0.5, 0.6) is 0 Å². The summed E-state index contributed by atoms with van der Waals surface area (Å²) in [6.45, 7) is 2.01. The summed E-state index contributed by atoms with van der Waals surface area (Å²) < 4.78 is 32.0. The first-order chi connectivity index (χ1) is 7.97. The molecule has 0 aliphatic carbocycles. The predicted octanol–water partition coefficient (Wildman–Crippen LogP) is -0.760. The Morgan fingerprint density at radius 1 is 1.06 bits per heavy atom. The van der Waals surface area contributed by atoms with Crippen molar-refractivity contribution in [2.75, 3.05) is 5.75 Å². The quantitative estimate of drug-likeness (QED) is 0.545. The normalized spacial score (nSPS) is 11.2. The molecule has 2 aromatic rings. The molecule has 0 aliphatic heterocycles. The van der Waals surface area contributed by atoms with E-state index in [4.69, 9.17) is 0 Å². The van der Waals surface area contributed by atoms with Crippen molar-refractivity contribution in [3.05, 3.63) is 47.5 Å². The van der Waals surface area contributed by atoms with Crippen LogP contribution < -0.4 is 29.6 Å². The minimum atomic E-state index is -4.15. The number of hydrogen-bond acceptors (Lipinski definition) is 3. The van der Waals surface area contributed by atoms with Gasteiger partial charge in [0.05, 0.1) is 10.1 Å². The number of hydrogen-bond donors (Lipinski definition) is 0. The molecule has 0 spiro atoms. The molecule has 0 aliphatic rings. The third kappa shape index (κ3) is 3.80. The van der Waals surface area contributed by atoms with Gasteiger partial charge in [-0.3, -0.25) is 0 Å². The van der Waals surface area contributed by atoms with Crippen LogP contribution in [0.25, 0.3) is 10.8 Å². The molecule has 90 valence electrons. The van der Waals surface area contributed by atoms with E-state index in [1.165, 1.54) is 0 Å². The first kappa shape index (κ1) is 15.7. The molecule has 0 bridgehead atoms. The third-order valence-corrected chi connectivity index (χ3v) is 3.56. The van der Waals surface area contributed by atoms with Gasteiger partial charge in [0.25, 0.3) is 0 Å². The van der Waals surface area contributed by atoms with E-state index in [1.807, 2.05) is 43.3 Å². The molecule has 0 saturated carbocycles. The summed E-state index contributed by atoms with van der Waals surface area (Å²) in [4.78, 5) is 0. The Morgan fingerprint density at radius 2 is 1.67 bits per heavy atom. The van der Waals surface area contributed by atoms with Crippen molar-refractivity contribution in [1.29, 1.82) is 0 Å². The van der Waals surface area contributed by atoms with E-state index >= 15 is 0 Å². The van der Waals surface area contributed by atoms with Gasteiger partial charge in [0.1, 0.15) is 0 Å². The molecule has 0 N–H and O–H groups in total. The van der Waals surface area contributed by atoms with Crippen LogP contribution in [-0.2, 0) is 16.5 Å². The van der Waals surface area contributed by atoms with Crippen molar-refractivity contribution < 1.29 is 42.5 Å². The molecular formula is C13H13NaO3S. The largest absolute Gasteiger partial charge is 1.00 e. The Bertz CT molecular complexity index is 650. The zero-order chi connectivity index (χ0) is 12.5. The Morgan fingerprint density at radius 3 is 2.28 bits per heavy atom. The average molecular weight is 272 g/mol. The molecule has 2 rings (SSSR count). The maximum Gasteiger partial charge on any atom is 1.00 e. The molecule has 0 atom stereocenters. The second-order valence-electron chi connectivity index (χ2n) is 4.10. The van der Waals surface area contributed by atoms with E-state index in [2.05, 4.69) is 0 Å². The molecule has 18 heavy (non-hydrogen) atoms. The van der Waals surface area contributed by atoms with Crippen molar-refractivity contribution in [1.82, 2.24) is 0 Å². The van der Waals surface area contributed by atoms with Gasteiger partial charge in [0.15, 0.2) is 0 Å². The molecule has 2 aromatic carbocycles. The minimum absolute atomic E-state index is 0. The second-order valence-corrected chi connectivity index (χ2v) is 5.62. The molecule has 5 heteroatoms. The molecular weight excluding hydrogens is 259 g/mol. The first-order valence-electron chi connectivity index (χ1n) is 5.38. The van der Waals surface area contributed by atoms with Crippen molar-refractivity contribution in [3.8, 4) is 0 Å². The first-order valence-corrected chi connectivity index (χ1v) is 6.96. The predicted molar refractivity (Wildman–Crippen MR) is 67.0 cm³/mol. The molecule has 0 fully saturated rings. The number of rotatable bonds is 3. The minimum Gasteiger partial charge on any atom is -0.748 e. The van der Waals surface area contributed by atoms with Crippen LogP contribution >= 0.6 is 0 Å². The topological polar surface area (TPSA) is 57.2 Å². The van der Waals surface area contributed by atoms with E-state index < -0.39 is 10.1 Å². The molecule has 0 heterocycles. The molecule has 3 nitrogen and oxygen atoms in total. The van der Waals surface area contributed by atoms with Crippen molar-refractivity contribution in [3.63, 3.8) is 0 Å². The summed E-state index contributed by atoms with van der Waals surface area (Å²) in [6.07, 6.45) is 0.270. The maximum absolute atomic E-state index is 10.7. The fraction of sp³-hybridized carbons (Fsp3) is 0.231. The van der Waals surface area contributed by atoms with Crippen molar-refractivity contribution >= 4 is 20.9 Å². The van der Waals surface area contributed by atoms with Crippen LogP contribution in [0.3, 0.4) is 0 Å². The number of benzene rings is 2. The summed E-state index contributed by atoms with van der Waals surface area (Å²) in [5.74, 6) is -0.347. The number of aryl methyl sites for hydroxylation is 2. The van der Waals surface area contributed by atoms with Gasteiger partial charge in [-0.15, -0.1) is 0 Å². The standard InChI is InChI=1S/C13H14O3S.Na/c1-10-6-7-11(8-9-17(14,15)16)13-5-3-2-4-12(10)13;/h2-7H,8-9H2,1H3,(H,14,15,16);/q;+1/p-1. The Balaban J connectivity index is 0.00000162. The average Bonchev–Trinajstić information content (AvgIpc) is 2.27. The van der Waals surface area contributed by atoms with Gasteiger partial charge in [0.2, 0.25) is 0 Å². The van der Waals surface area contributed by atoms with Gasteiger partial charge in [-0.1, -0.05) is 36.4 Å². The summed E-state index contributed by atoms with van der Waals surface area (Å²) in [5.41, 5.74) is 2.06. The fourth-order valence-corrected chi connectivity index (χ4v) is 2.44. The Kier molecular flexibility index (Phi) is 5.37. The molecule has 0 aromatic heterocycles. The summed E-state index contributed by atoms with van der Waals surface area (Å²) >= 11 is 0. The van der Waals surface area contributed by atoms with Gasteiger partial charge in [-0.2, -0.15) is 0 Å². The van der Waals surface area contributed by atoms with Gasteiger partial charge in [-0.05, 0) is 35.2 Å². The fourth-order valence-electron chi connectivity index (χ4n) is 1.97. The molecule has 0 amide bonds. The molecule has 0 saturated heterocycles. The van der Waals surface area contributed by atoms with E-state index in [-0.39, 0.29) is 41.7 Å². The molecule has 0 radical (unpaired) electrons. The monoisotopic (exact) mass is 272 g/mol. The second kappa shape index (κ2) is 6.17. The van der Waals surface area contributed by atoms with E-state index in [0.29, 0.717) is 0 Å². The van der Waals surface area contributed by atoms with Crippen LogP contribution in [-0.4, -0.2) is 18.7 Å². The van der Waals surface area contributed by atoms with Gasteiger partial charge >= 0.3 is 29.6 Å². The SMILES string of the molecule is Cc1ccc(CCS(=O)(=O)[O-])c2ccccc12.[Na+]. The van der Waals surface area contributed by atoms with Crippen LogP contribution in [0.15, 0.2) is 36.4 Å². The van der Waals surface area contributed by atoms with Crippen molar-refractivity contribution in [2.45, 2.75) is 13.3 Å². The summed E-state index contributed by atoms with van der Waals surface area (Å²) in [7, 11) is -4.15. The van der Waals surface area contributed by atoms with Gasteiger partial charge in [-0.25, -0.2) is 8.42 Å². The third-order valence-electron chi connectivity index (χ3n) is 2.85. The van der Waals surface area contributed by atoms with E-state index in [0.717, 1.165) is 21.9 Å². The van der Waals surface area contributed by atoms with E-state index in [1.54, 1.807) is 0 Å².